The van der Waals surface area contributed by atoms with E-state index in [2.05, 4.69) is 9.71 Å². The number of aromatic nitrogens is 1. The van der Waals surface area contributed by atoms with Crippen molar-refractivity contribution in [2.45, 2.75) is 24.4 Å². The topological polar surface area (TPSA) is 62.3 Å². The molecule has 0 spiro atoms. The summed E-state index contributed by atoms with van der Waals surface area (Å²) in [6.07, 6.45) is -2.08. The van der Waals surface area contributed by atoms with Crippen molar-refractivity contribution in [1.82, 2.24) is 9.71 Å². The minimum Gasteiger partial charge on any atom is -0.346 e. The predicted octanol–water partition coefficient (Wildman–Crippen LogP) is 2.86. The van der Waals surface area contributed by atoms with Crippen molar-refractivity contribution in [3.8, 4) is 0 Å². The number of sulfonamides is 1. The smallest absolute Gasteiger partial charge is 0.346 e. The molecule has 3 rings (SSSR count). The average molecular weight is 391 g/mol. The fourth-order valence-corrected chi connectivity index (χ4v) is 4.80. The third-order valence-corrected chi connectivity index (χ3v) is 6.10. The Morgan fingerprint density at radius 1 is 1.28 bits per heavy atom. The molecule has 0 bridgehead atoms. The third-order valence-electron chi connectivity index (χ3n) is 3.86. The van der Waals surface area contributed by atoms with Gasteiger partial charge >= 0.3 is 6.18 Å². The van der Waals surface area contributed by atoms with Gasteiger partial charge in [0.25, 0.3) is 0 Å². The Bertz CT molecular complexity index is 806. The van der Waals surface area contributed by atoms with Gasteiger partial charge in [0.15, 0.2) is 5.13 Å². The summed E-state index contributed by atoms with van der Waals surface area (Å²) in [5.41, 5.74) is -0.480. The molecule has 0 unspecified atom stereocenters. The van der Waals surface area contributed by atoms with Gasteiger partial charge in [0, 0.05) is 30.7 Å². The van der Waals surface area contributed by atoms with E-state index < -0.39 is 21.8 Å². The van der Waals surface area contributed by atoms with E-state index in [0.717, 1.165) is 17.3 Å². The molecule has 1 aromatic heterocycles. The normalized spacial score (nSPS) is 18.7. The van der Waals surface area contributed by atoms with Crippen LogP contribution in [-0.2, 0) is 22.0 Å². The molecule has 0 amide bonds. The molecule has 0 aliphatic carbocycles. The molecule has 1 N–H and O–H groups in total. The van der Waals surface area contributed by atoms with Crippen LogP contribution in [0.4, 0.5) is 18.3 Å². The van der Waals surface area contributed by atoms with Crippen molar-refractivity contribution in [3.05, 3.63) is 47.0 Å². The first-order valence-corrected chi connectivity index (χ1v) is 10.1. The first-order chi connectivity index (χ1) is 11.7. The summed E-state index contributed by atoms with van der Waals surface area (Å²) in [6.45, 7) is 1.24. The molecule has 2 heterocycles. The lowest BCUT2D eigenvalue weighted by Gasteiger charge is -2.16. The second-order valence-corrected chi connectivity index (χ2v) is 8.44. The molecule has 10 heteroatoms. The van der Waals surface area contributed by atoms with Crippen LogP contribution in [0.25, 0.3) is 0 Å². The number of rotatable bonds is 5. The van der Waals surface area contributed by atoms with Crippen LogP contribution in [0.15, 0.2) is 35.8 Å². The zero-order chi connectivity index (χ0) is 18.1. The Balaban J connectivity index is 1.59. The highest BCUT2D eigenvalue weighted by Gasteiger charge is 2.31. The molecule has 1 aliphatic heterocycles. The lowest BCUT2D eigenvalue weighted by atomic mass is 10.1. The van der Waals surface area contributed by atoms with Gasteiger partial charge in [-0.25, -0.2) is 18.1 Å². The molecule has 1 saturated heterocycles. The summed E-state index contributed by atoms with van der Waals surface area (Å²) in [4.78, 5) is 6.21. The van der Waals surface area contributed by atoms with Crippen LogP contribution >= 0.6 is 11.3 Å². The van der Waals surface area contributed by atoms with Crippen LogP contribution in [0.2, 0.25) is 0 Å². The second-order valence-electron chi connectivity index (χ2n) is 5.82. The number of benzene rings is 1. The summed E-state index contributed by atoms with van der Waals surface area (Å²) >= 11 is 1.49. The lowest BCUT2D eigenvalue weighted by molar-refractivity contribution is -0.137. The summed E-state index contributed by atoms with van der Waals surface area (Å²) in [7, 11) is -3.63. The minimum absolute atomic E-state index is 0.233. The van der Waals surface area contributed by atoms with Gasteiger partial charge in [0.1, 0.15) is 0 Å². The molecule has 136 valence electrons. The van der Waals surface area contributed by atoms with Crippen molar-refractivity contribution in [1.29, 1.82) is 0 Å². The Kier molecular flexibility index (Phi) is 5.03. The van der Waals surface area contributed by atoms with Crippen molar-refractivity contribution in [2.24, 2.45) is 0 Å². The SMILES string of the molecule is O=S(=O)(Cc1ccc(C(F)(F)F)cc1)N[C@@H]1CCN(c2nccs2)C1. The van der Waals surface area contributed by atoms with E-state index in [1.807, 2.05) is 10.3 Å². The monoisotopic (exact) mass is 391 g/mol. The summed E-state index contributed by atoms with van der Waals surface area (Å²) in [5.74, 6) is -0.348. The number of alkyl halides is 3. The van der Waals surface area contributed by atoms with E-state index in [1.165, 1.54) is 23.5 Å². The van der Waals surface area contributed by atoms with E-state index in [4.69, 9.17) is 0 Å². The number of anilines is 1. The van der Waals surface area contributed by atoms with Gasteiger partial charge in [0.2, 0.25) is 10.0 Å². The molecular weight excluding hydrogens is 375 g/mol. The predicted molar refractivity (Wildman–Crippen MR) is 89.9 cm³/mol. The third kappa shape index (κ3) is 4.71. The molecule has 5 nitrogen and oxygen atoms in total. The minimum atomic E-state index is -4.43. The lowest BCUT2D eigenvalue weighted by Crippen LogP contribution is -2.37. The highest BCUT2D eigenvalue weighted by molar-refractivity contribution is 7.88. The average Bonchev–Trinajstić information content (AvgIpc) is 3.16. The van der Waals surface area contributed by atoms with Crippen LogP contribution in [0, 0.1) is 0 Å². The standard InChI is InChI=1S/C15H16F3N3O2S2/c16-15(17,18)12-3-1-11(2-4-12)10-25(22,23)20-13-5-7-21(9-13)14-19-6-8-24-14/h1-4,6,8,13,20H,5,7,9-10H2/t13-/m1/s1. The van der Waals surface area contributed by atoms with E-state index in [1.54, 1.807) is 6.20 Å². The molecule has 1 fully saturated rings. The first kappa shape index (κ1) is 18.2. The maximum atomic E-state index is 12.5. The first-order valence-electron chi connectivity index (χ1n) is 7.53. The zero-order valence-electron chi connectivity index (χ0n) is 13.0. The van der Waals surface area contributed by atoms with Gasteiger partial charge in [-0.2, -0.15) is 13.2 Å². The Labute approximate surface area is 147 Å². The fourth-order valence-electron chi connectivity index (χ4n) is 2.71. The van der Waals surface area contributed by atoms with Crippen LogP contribution in [0.1, 0.15) is 17.5 Å². The number of halogens is 3. The van der Waals surface area contributed by atoms with Crippen molar-refractivity contribution in [2.75, 3.05) is 18.0 Å². The largest absolute Gasteiger partial charge is 0.416 e. The van der Waals surface area contributed by atoms with E-state index in [9.17, 15) is 21.6 Å². The van der Waals surface area contributed by atoms with Crippen LogP contribution in [0.5, 0.6) is 0 Å². The quantitative estimate of drug-likeness (QED) is 0.851. The molecule has 2 aromatic rings. The summed E-state index contributed by atoms with van der Waals surface area (Å²) in [6, 6.07) is 3.94. The van der Waals surface area contributed by atoms with Gasteiger partial charge in [-0.1, -0.05) is 12.1 Å². The van der Waals surface area contributed by atoms with Gasteiger partial charge in [0.05, 0.1) is 11.3 Å². The highest BCUT2D eigenvalue weighted by atomic mass is 32.2. The number of nitrogens with zero attached hydrogens (tertiary/aromatic N) is 2. The number of nitrogens with one attached hydrogen (secondary N) is 1. The zero-order valence-corrected chi connectivity index (χ0v) is 14.7. The van der Waals surface area contributed by atoms with Crippen molar-refractivity contribution in [3.63, 3.8) is 0 Å². The molecule has 25 heavy (non-hydrogen) atoms. The number of thiazole rings is 1. The van der Waals surface area contributed by atoms with Gasteiger partial charge in [-0.15, -0.1) is 11.3 Å². The molecule has 1 aromatic carbocycles. The van der Waals surface area contributed by atoms with E-state index in [0.29, 0.717) is 25.1 Å². The maximum Gasteiger partial charge on any atom is 0.416 e. The Morgan fingerprint density at radius 3 is 2.60 bits per heavy atom. The van der Waals surface area contributed by atoms with E-state index in [-0.39, 0.29) is 11.8 Å². The molecule has 0 saturated carbocycles. The second kappa shape index (κ2) is 6.93. The summed E-state index contributed by atoms with van der Waals surface area (Å²) in [5, 5.41) is 2.71. The maximum absolute atomic E-state index is 12.5. The van der Waals surface area contributed by atoms with Crippen LogP contribution < -0.4 is 9.62 Å². The number of hydrogen-bond acceptors (Lipinski definition) is 5. The van der Waals surface area contributed by atoms with Crippen molar-refractivity contribution >= 4 is 26.5 Å². The van der Waals surface area contributed by atoms with E-state index >= 15 is 0 Å². The van der Waals surface area contributed by atoms with Crippen molar-refractivity contribution < 1.29 is 21.6 Å². The Hall–Kier alpha value is -1.65. The molecule has 1 aliphatic rings. The molecule has 0 radical (unpaired) electrons. The highest BCUT2D eigenvalue weighted by Crippen LogP contribution is 2.29. The molecule has 1 atom stereocenters. The fraction of sp³-hybridized carbons (Fsp3) is 0.400. The number of hydrogen-bond donors (Lipinski definition) is 1. The van der Waals surface area contributed by atoms with Crippen LogP contribution in [0.3, 0.4) is 0 Å². The molecular formula is C15H16F3N3O2S2. The Morgan fingerprint density at radius 2 is 2.00 bits per heavy atom. The van der Waals surface area contributed by atoms with Gasteiger partial charge in [-0.3, -0.25) is 0 Å². The van der Waals surface area contributed by atoms with Crippen LogP contribution in [-0.4, -0.2) is 32.5 Å². The van der Waals surface area contributed by atoms with Gasteiger partial charge < -0.3 is 4.90 Å². The van der Waals surface area contributed by atoms with Gasteiger partial charge in [-0.05, 0) is 24.1 Å². The summed E-state index contributed by atoms with van der Waals surface area (Å²) < 4.78 is 64.8.